The van der Waals surface area contributed by atoms with E-state index in [1.807, 2.05) is 25.4 Å². The molecule has 15 heavy (non-hydrogen) atoms. The summed E-state index contributed by atoms with van der Waals surface area (Å²) in [6, 6.07) is 8.20. The highest BCUT2D eigenvalue weighted by Gasteiger charge is 2.00. The van der Waals surface area contributed by atoms with Crippen LogP contribution in [0, 0.1) is 6.92 Å². The fourth-order valence-electron chi connectivity index (χ4n) is 1.38. The molecule has 0 saturated heterocycles. The Balaban J connectivity index is 2.25. The van der Waals surface area contributed by atoms with Gasteiger partial charge in [0.15, 0.2) is 0 Å². The number of aromatic nitrogens is 3. The number of hydrogen-bond donors (Lipinski definition) is 1. The quantitative estimate of drug-likeness (QED) is 0.815. The molecule has 4 heteroatoms. The monoisotopic (exact) mass is 202 g/mol. The fraction of sp³-hybridized carbons (Fsp3) is 0.273. The normalized spacial score (nSPS) is 10.5. The number of benzene rings is 1. The lowest BCUT2D eigenvalue weighted by Crippen LogP contribution is -2.04. The van der Waals surface area contributed by atoms with Crippen LogP contribution in [0.4, 0.5) is 0 Å². The predicted octanol–water partition coefficient (Wildman–Crippen LogP) is 1.30. The van der Waals surface area contributed by atoms with Crippen LogP contribution >= 0.6 is 0 Å². The third-order valence-corrected chi connectivity index (χ3v) is 2.20. The van der Waals surface area contributed by atoms with E-state index >= 15 is 0 Å². The molecule has 1 aromatic carbocycles. The number of hydrogen-bond acceptors (Lipinski definition) is 3. The molecule has 0 spiro atoms. The van der Waals surface area contributed by atoms with Gasteiger partial charge >= 0.3 is 0 Å². The van der Waals surface area contributed by atoms with E-state index in [2.05, 4.69) is 34.7 Å². The highest BCUT2D eigenvalue weighted by Crippen LogP contribution is 2.08. The molecule has 1 N–H and O–H groups in total. The van der Waals surface area contributed by atoms with Gasteiger partial charge in [-0.1, -0.05) is 22.9 Å². The van der Waals surface area contributed by atoms with Gasteiger partial charge in [0.25, 0.3) is 0 Å². The first-order chi connectivity index (χ1) is 7.29. The Morgan fingerprint density at radius 1 is 1.27 bits per heavy atom. The van der Waals surface area contributed by atoms with Gasteiger partial charge in [-0.15, -0.1) is 5.10 Å². The van der Waals surface area contributed by atoms with Crippen molar-refractivity contribution in [1.82, 2.24) is 20.3 Å². The SMILES string of the molecule is CNCc1cn(-c2ccc(C)cc2)nn1. The lowest BCUT2D eigenvalue weighted by atomic mass is 10.2. The molecule has 2 rings (SSSR count). The summed E-state index contributed by atoms with van der Waals surface area (Å²) in [6.07, 6.45) is 1.93. The first kappa shape index (κ1) is 9.86. The van der Waals surface area contributed by atoms with Crippen molar-refractivity contribution in [3.63, 3.8) is 0 Å². The van der Waals surface area contributed by atoms with E-state index in [1.165, 1.54) is 5.56 Å². The van der Waals surface area contributed by atoms with Crippen molar-refractivity contribution in [2.24, 2.45) is 0 Å². The number of aryl methyl sites for hydroxylation is 1. The molecule has 4 nitrogen and oxygen atoms in total. The van der Waals surface area contributed by atoms with E-state index in [9.17, 15) is 0 Å². The van der Waals surface area contributed by atoms with Crippen molar-refractivity contribution in [3.05, 3.63) is 41.7 Å². The topological polar surface area (TPSA) is 42.7 Å². The predicted molar refractivity (Wildman–Crippen MR) is 58.9 cm³/mol. The number of nitrogens with zero attached hydrogens (tertiary/aromatic N) is 3. The summed E-state index contributed by atoms with van der Waals surface area (Å²) in [5, 5.41) is 11.2. The van der Waals surface area contributed by atoms with Crippen LogP contribution in [0.25, 0.3) is 5.69 Å². The van der Waals surface area contributed by atoms with Gasteiger partial charge in [0.2, 0.25) is 0 Å². The van der Waals surface area contributed by atoms with Crippen molar-refractivity contribution in [2.45, 2.75) is 13.5 Å². The lowest BCUT2D eigenvalue weighted by molar-refractivity contribution is 0.767. The van der Waals surface area contributed by atoms with Crippen molar-refractivity contribution in [1.29, 1.82) is 0 Å². The zero-order valence-corrected chi connectivity index (χ0v) is 8.94. The summed E-state index contributed by atoms with van der Waals surface area (Å²) in [5.74, 6) is 0. The van der Waals surface area contributed by atoms with Crippen LogP contribution in [0.3, 0.4) is 0 Å². The Labute approximate surface area is 88.9 Å². The first-order valence-corrected chi connectivity index (χ1v) is 4.92. The van der Waals surface area contributed by atoms with Crippen molar-refractivity contribution >= 4 is 0 Å². The summed E-state index contributed by atoms with van der Waals surface area (Å²) < 4.78 is 1.78. The first-order valence-electron chi connectivity index (χ1n) is 4.92. The van der Waals surface area contributed by atoms with Crippen molar-refractivity contribution < 1.29 is 0 Å². The minimum atomic E-state index is 0.742. The molecule has 0 atom stereocenters. The molecule has 0 radical (unpaired) electrons. The highest BCUT2D eigenvalue weighted by atomic mass is 15.4. The van der Waals surface area contributed by atoms with E-state index in [0.717, 1.165) is 17.9 Å². The summed E-state index contributed by atoms with van der Waals surface area (Å²) in [7, 11) is 1.89. The summed E-state index contributed by atoms with van der Waals surface area (Å²) >= 11 is 0. The molecule has 0 aliphatic heterocycles. The van der Waals surface area contributed by atoms with Crippen molar-refractivity contribution in [2.75, 3.05) is 7.05 Å². The van der Waals surface area contributed by atoms with E-state index in [-0.39, 0.29) is 0 Å². The molecule has 0 fully saturated rings. The molecule has 0 aliphatic carbocycles. The van der Waals surface area contributed by atoms with Gasteiger partial charge in [0, 0.05) is 6.54 Å². The molecule has 0 saturated carbocycles. The Bertz CT molecular complexity index is 430. The number of rotatable bonds is 3. The Morgan fingerprint density at radius 2 is 2.00 bits per heavy atom. The fourth-order valence-corrected chi connectivity index (χ4v) is 1.38. The third-order valence-electron chi connectivity index (χ3n) is 2.20. The van der Waals surface area contributed by atoms with Crippen LogP contribution in [0.1, 0.15) is 11.3 Å². The minimum absolute atomic E-state index is 0.742. The molecule has 1 aromatic heterocycles. The van der Waals surface area contributed by atoms with E-state index in [1.54, 1.807) is 4.68 Å². The second kappa shape index (κ2) is 4.23. The van der Waals surface area contributed by atoms with Crippen LogP contribution in [0.5, 0.6) is 0 Å². The molecule has 2 aromatic rings. The molecule has 0 bridgehead atoms. The molecule has 0 aliphatic rings. The smallest absolute Gasteiger partial charge is 0.0969 e. The van der Waals surface area contributed by atoms with Gasteiger partial charge in [-0.3, -0.25) is 0 Å². The summed E-state index contributed by atoms with van der Waals surface area (Å²) in [4.78, 5) is 0. The zero-order valence-electron chi connectivity index (χ0n) is 8.94. The minimum Gasteiger partial charge on any atom is -0.314 e. The standard InChI is InChI=1S/C11H14N4/c1-9-3-5-11(6-4-9)15-8-10(7-12-2)13-14-15/h3-6,8,12H,7H2,1-2H3. The van der Waals surface area contributed by atoms with Crippen LogP contribution < -0.4 is 5.32 Å². The largest absolute Gasteiger partial charge is 0.314 e. The van der Waals surface area contributed by atoms with Gasteiger partial charge in [0.1, 0.15) is 0 Å². The Morgan fingerprint density at radius 3 is 2.67 bits per heavy atom. The average Bonchev–Trinajstić information content (AvgIpc) is 2.68. The second-order valence-electron chi connectivity index (χ2n) is 3.52. The Hall–Kier alpha value is -1.68. The molecular formula is C11H14N4. The maximum atomic E-state index is 4.06. The van der Waals surface area contributed by atoms with Gasteiger partial charge in [0.05, 0.1) is 17.6 Å². The second-order valence-corrected chi connectivity index (χ2v) is 3.52. The van der Waals surface area contributed by atoms with E-state index < -0.39 is 0 Å². The van der Waals surface area contributed by atoms with Gasteiger partial charge in [-0.2, -0.15) is 0 Å². The Kier molecular flexibility index (Phi) is 2.78. The average molecular weight is 202 g/mol. The van der Waals surface area contributed by atoms with Crippen LogP contribution in [-0.2, 0) is 6.54 Å². The summed E-state index contributed by atoms with van der Waals surface area (Å²) in [5.41, 5.74) is 3.22. The molecule has 0 unspecified atom stereocenters. The maximum absolute atomic E-state index is 4.06. The van der Waals surface area contributed by atoms with Crippen LogP contribution in [0.15, 0.2) is 30.5 Å². The molecule has 78 valence electrons. The van der Waals surface area contributed by atoms with E-state index in [0.29, 0.717) is 0 Å². The molecular weight excluding hydrogens is 188 g/mol. The summed E-state index contributed by atoms with van der Waals surface area (Å²) in [6.45, 7) is 2.81. The van der Waals surface area contributed by atoms with Crippen LogP contribution in [0.2, 0.25) is 0 Å². The molecule has 0 amide bonds. The van der Waals surface area contributed by atoms with E-state index in [4.69, 9.17) is 0 Å². The van der Waals surface area contributed by atoms with Crippen molar-refractivity contribution in [3.8, 4) is 5.69 Å². The van der Waals surface area contributed by atoms with Gasteiger partial charge in [-0.25, -0.2) is 4.68 Å². The van der Waals surface area contributed by atoms with Crippen LogP contribution in [-0.4, -0.2) is 22.0 Å². The van der Waals surface area contributed by atoms with Gasteiger partial charge in [-0.05, 0) is 26.1 Å². The molecule has 1 heterocycles. The lowest BCUT2D eigenvalue weighted by Gasteiger charge is -1.99. The third kappa shape index (κ3) is 2.22. The highest BCUT2D eigenvalue weighted by molar-refractivity contribution is 5.33. The maximum Gasteiger partial charge on any atom is 0.0969 e. The zero-order chi connectivity index (χ0) is 10.7. The number of nitrogens with one attached hydrogen (secondary N) is 1. The van der Waals surface area contributed by atoms with Gasteiger partial charge < -0.3 is 5.32 Å².